The molecule has 2 atom stereocenters. The van der Waals surface area contributed by atoms with Crippen LogP contribution >= 0.6 is 11.6 Å². The molecule has 2 aromatic rings. The second-order valence-corrected chi connectivity index (χ2v) is 7.77. The minimum atomic E-state index is -0.613. The van der Waals surface area contributed by atoms with Gasteiger partial charge in [0.15, 0.2) is 18.1 Å². The van der Waals surface area contributed by atoms with Crippen molar-refractivity contribution in [3.8, 4) is 11.5 Å². The van der Waals surface area contributed by atoms with E-state index in [-0.39, 0.29) is 31.0 Å². The second-order valence-electron chi connectivity index (χ2n) is 7.33. The summed E-state index contributed by atoms with van der Waals surface area (Å²) in [7, 11) is 1.54. The lowest BCUT2D eigenvalue weighted by Gasteiger charge is -2.31. The number of nitrogens with one attached hydrogen (secondary N) is 1. The Morgan fingerprint density at radius 1 is 1.03 bits per heavy atom. The summed E-state index contributed by atoms with van der Waals surface area (Å²) in [5, 5.41) is 3.60. The van der Waals surface area contributed by atoms with Crippen LogP contribution in [0.15, 0.2) is 48.5 Å². The molecule has 2 rings (SSSR count). The normalized spacial score (nSPS) is 12.5. The molecular formula is C24H31ClN2O4. The Kier molecular flexibility index (Phi) is 9.66. The molecular weight excluding hydrogens is 416 g/mol. The Balaban J connectivity index is 2.23. The summed E-state index contributed by atoms with van der Waals surface area (Å²) in [6.45, 7) is 5.91. The van der Waals surface area contributed by atoms with Gasteiger partial charge in [0, 0.05) is 17.6 Å². The maximum Gasteiger partial charge on any atom is 0.261 e. The van der Waals surface area contributed by atoms with Crippen molar-refractivity contribution in [1.82, 2.24) is 10.2 Å². The summed E-state index contributed by atoms with van der Waals surface area (Å²) >= 11 is 5.99. The summed E-state index contributed by atoms with van der Waals surface area (Å²) in [5.41, 5.74) is 0.879. The van der Waals surface area contributed by atoms with E-state index in [9.17, 15) is 9.59 Å². The molecule has 6 nitrogen and oxygen atoms in total. The van der Waals surface area contributed by atoms with Gasteiger partial charge >= 0.3 is 0 Å². The van der Waals surface area contributed by atoms with Crippen LogP contribution in [-0.4, -0.2) is 42.5 Å². The predicted molar refractivity (Wildman–Crippen MR) is 122 cm³/mol. The molecule has 2 aromatic carbocycles. The van der Waals surface area contributed by atoms with Crippen LogP contribution in [0, 0.1) is 0 Å². The van der Waals surface area contributed by atoms with E-state index in [2.05, 4.69) is 5.32 Å². The highest BCUT2D eigenvalue weighted by molar-refractivity contribution is 6.30. The standard InChI is InChI=1S/C24H31ClN2O4/c1-5-17(3)26-24(29)20(6-2)27(15-18-11-13-19(25)14-12-18)23(28)16-31-22-10-8-7-9-21(22)30-4/h7-14,17,20H,5-6,15-16H2,1-4H3,(H,26,29)/t17-,20-/m1/s1. The molecule has 0 aliphatic carbocycles. The van der Waals surface area contributed by atoms with Crippen LogP contribution < -0.4 is 14.8 Å². The Morgan fingerprint density at radius 2 is 1.68 bits per heavy atom. The molecule has 7 heteroatoms. The van der Waals surface area contributed by atoms with E-state index in [0.29, 0.717) is 22.9 Å². The smallest absolute Gasteiger partial charge is 0.261 e. The van der Waals surface area contributed by atoms with Gasteiger partial charge < -0.3 is 19.7 Å². The molecule has 2 amide bonds. The zero-order valence-corrected chi connectivity index (χ0v) is 19.3. The van der Waals surface area contributed by atoms with Gasteiger partial charge in [-0.2, -0.15) is 0 Å². The minimum absolute atomic E-state index is 0.0267. The van der Waals surface area contributed by atoms with Gasteiger partial charge in [-0.3, -0.25) is 9.59 Å². The summed E-state index contributed by atoms with van der Waals surface area (Å²) in [5.74, 6) is 0.562. The highest BCUT2D eigenvalue weighted by Crippen LogP contribution is 2.26. The summed E-state index contributed by atoms with van der Waals surface area (Å²) < 4.78 is 11.0. The van der Waals surface area contributed by atoms with Gasteiger partial charge in [0.25, 0.3) is 5.91 Å². The third-order valence-electron chi connectivity index (χ3n) is 5.07. The van der Waals surface area contributed by atoms with Crippen molar-refractivity contribution in [3.05, 3.63) is 59.1 Å². The van der Waals surface area contributed by atoms with Crippen molar-refractivity contribution in [3.63, 3.8) is 0 Å². The Hall–Kier alpha value is -2.73. The fraction of sp³-hybridized carbons (Fsp3) is 0.417. The molecule has 0 heterocycles. The lowest BCUT2D eigenvalue weighted by Crippen LogP contribution is -2.51. The number of hydrogen-bond donors (Lipinski definition) is 1. The van der Waals surface area contributed by atoms with Crippen LogP contribution in [0.1, 0.15) is 39.2 Å². The maximum atomic E-state index is 13.2. The topological polar surface area (TPSA) is 67.9 Å². The average Bonchev–Trinajstić information content (AvgIpc) is 2.78. The number of hydrogen-bond acceptors (Lipinski definition) is 4. The number of rotatable bonds is 11. The lowest BCUT2D eigenvalue weighted by molar-refractivity contribution is -0.143. The number of amides is 2. The number of para-hydroxylation sites is 2. The van der Waals surface area contributed by atoms with Gasteiger partial charge in [-0.05, 0) is 49.6 Å². The van der Waals surface area contributed by atoms with Crippen molar-refractivity contribution >= 4 is 23.4 Å². The van der Waals surface area contributed by atoms with Crippen LogP contribution in [0.4, 0.5) is 0 Å². The summed E-state index contributed by atoms with van der Waals surface area (Å²) in [6.07, 6.45) is 1.29. The molecule has 0 spiro atoms. The number of carbonyl (C=O) groups is 2. The third kappa shape index (κ3) is 7.17. The third-order valence-corrected chi connectivity index (χ3v) is 5.33. The molecule has 0 bridgehead atoms. The molecule has 168 valence electrons. The quantitative estimate of drug-likeness (QED) is 0.553. The molecule has 0 aliphatic heterocycles. The fourth-order valence-corrected chi connectivity index (χ4v) is 3.23. The number of methoxy groups -OCH3 is 1. The van der Waals surface area contributed by atoms with E-state index in [1.54, 1.807) is 36.3 Å². The molecule has 31 heavy (non-hydrogen) atoms. The number of carbonyl (C=O) groups excluding carboxylic acids is 2. The monoisotopic (exact) mass is 446 g/mol. The molecule has 0 fully saturated rings. The van der Waals surface area contributed by atoms with Gasteiger partial charge in [0.1, 0.15) is 6.04 Å². The van der Waals surface area contributed by atoms with Gasteiger partial charge in [0.2, 0.25) is 5.91 Å². The van der Waals surface area contributed by atoms with E-state index in [4.69, 9.17) is 21.1 Å². The van der Waals surface area contributed by atoms with Gasteiger partial charge in [0.05, 0.1) is 7.11 Å². The largest absolute Gasteiger partial charge is 0.493 e. The molecule has 0 unspecified atom stereocenters. The highest BCUT2D eigenvalue weighted by Gasteiger charge is 2.29. The molecule has 0 aromatic heterocycles. The van der Waals surface area contributed by atoms with Crippen molar-refractivity contribution in [2.75, 3.05) is 13.7 Å². The number of ether oxygens (including phenoxy) is 2. The molecule has 1 N–H and O–H groups in total. The molecule has 0 saturated heterocycles. The van der Waals surface area contributed by atoms with Crippen molar-refractivity contribution < 1.29 is 19.1 Å². The lowest BCUT2D eigenvalue weighted by atomic mass is 10.1. The van der Waals surface area contributed by atoms with Crippen molar-refractivity contribution in [2.45, 2.75) is 52.2 Å². The van der Waals surface area contributed by atoms with Crippen LogP contribution in [-0.2, 0) is 16.1 Å². The number of benzene rings is 2. The summed E-state index contributed by atoms with van der Waals surface area (Å²) in [4.78, 5) is 27.7. The van der Waals surface area contributed by atoms with Crippen LogP contribution in [0.2, 0.25) is 5.02 Å². The first kappa shape index (κ1) is 24.5. The number of nitrogens with zero attached hydrogens (tertiary/aromatic N) is 1. The van der Waals surface area contributed by atoms with Crippen LogP contribution in [0.3, 0.4) is 0 Å². The Bertz CT molecular complexity index is 857. The Morgan fingerprint density at radius 3 is 2.26 bits per heavy atom. The molecule has 0 radical (unpaired) electrons. The van der Waals surface area contributed by atoms with E-state index < -0.39 is 6.04 Å². The van der Waals surface area contributed by atoms with Crippen LogP contribution in [0.25, 0.3) is 0 Å². The van der Waals surface area contributed by atoms with Gasteiger partial charge in [-0.1, -0.05) is 49.7 Å². The number of halogens is 1. The fourth-order valence-electron chi connectivity index (χ4n) is 3.11. The van der Waals surface area contributed by atoms with E-state index in [0.717, 1.165) is 12.0 Å². The maximum absolute atomic E-state index is 13.2. The van der Waals surface area contributed by atoms with E-state index in [1.165, 1.54) is 0 Å². The van der Waals surface area contributed by atoms with Gasteiger partial charge in [-0.25, -0.2) is 0 Å². The highest BCUT2D eigenvalue weighted by atomic mass is 35.5. The Labute approximate surface area is 189 Å². The average molecular weight is 447 g/mol. The van der Waals surface area contributed by atoms with E-state index >= 15 is 0 Å². The summed E-state index contributed by atoms with van der Waals surface area (Å²) in [6, 6.07) is 13.8. The zero-order valence-electron chi connectivity index (χ0n) is 18.6. The van der Waals surface area contributed by atoms with Crippen LogP contribution in [0.5, 0.6) is 11.5 Å². The van der Waals surface area contributed by atoms with Crippen molar-refractivity contribution in [2.24, 2.45) is 0 Å². The molecule has 0 aliphatic rings. The minimum Gasteiger partial charge on any atom is -0.493 e. The van der Waals surface area contributed by atoms with Crippen molar-refractivity contribution in [1.29, 1.82) is 0 Å². The molecule has 0 saturated carbocycles. The first-order valence-corrected chi connectivity index (χ1v) is 10.9. The first-order valence-electron chi connectivity index (χ1n) is 10.5. The zero-order chi connectivity index (χ0) is 22.8. The second kappa shape index (κ2) is 12.2. The SMILES string of the molecule is CC[C@@H](C)NC(=O)[C@@H](CC)N(Cc1ccc(Cl)cc1)C(=O)COc1ccccc1OC. The van der Waals surface area contributed by atoms with E-state index in [1.807, 2.05) is 45.0 Å². The predicted octanol–water partition coefficient (Wildman–Crippen LogP) is 4.45. The first-order chi connectivity index (χ1) is 14.9. The van der Waals surface area contributed by atoms with Gasteiger partial charge in [-0.15, -0.1) is 0 Å².